The average molecular weight is 296 g/mol. The predicted octanol–water partition coefficient (Wildman–Crippen LogP) is 2.43. The molecule has 1 aliphatic rings. The van der Waals surface area contributed by atoms with E-state index in [1.807, 2.05) is 0 Å². The third kappa shape index (κ3) is 2.22. The van der Waals surface area contributed by atoms with Crippen LogP contribution in [0.3, 0.4) is 0 Å². The molecule has 0 atom stereocenters. The van der Waals surface area contributed by atoms with Gasteiger partial charge in [-0.15, -0.1) is 0 Å². The number of nitrogens with zero attached hydrogens (tertiary/aromatic N) is 3. The zero-order valence-corrected chi connectivity index (χ0v) is 11.7. The summed E-state index contributed by atoms with van der Waals surface area (Å²) in [6.07, 6.45) is 7.00. The standard InChI is InChI=1S/C16H13FN4O/c17-11-3-1-10(2-4-11)14-13-9-18-7-8-21(13)15(20-14)16(22)19-12-5-6-12/h1-4,7-9,12H,5-6H2,(H,19,22). The van der Waals surface area contributed by atoms with Crippen LogP contribution in [0.15, 0.2) is 42.9 Å². The maximum absolute atomic E-state index is 13.1. The van der Waals surface area contributed by atoms with Gasteiger partial charge in [0.1, 0.15) is 5.82 Å². The number of nitrogens with one attached hydrogen (secondary N) is 1. The molecule has 0 spiro atoms. The van der Waals surface area contributed by atoms with Crippen LogP contribution in [0.4, 0.5) is 4.39 Å². The number of benzene rings is 1. The molecule has 5 nitrogen and oxygen atoms in total. The topological polar surface area (TPSA) is 59.3 Å². The van der Waals surface area contributed by atoms with Crippen molar-refractivity contribution in [3.05, 3.63) is 54.5 Å². The Labute approximate surface area is 125 Å². The summed E-state index contributed by atoms with van der Waals surface area (Å²) >= 11 is 0. The van der Waals surface area contributed by atoms with Gasteiger partial charge in [0.05, 0.1) is 17.4 Å². The van der Waals surface area contributed by atoms with E-state index >= 15 is 0 Å². The molecule has 0 saturated heterocycles. The van der Waals surface area contributed by atoms with Crippen LogP contribution in [-0.2, 0) is 0 Å². The Bertz CT molecular complexity index is 852. The molecule has 4 rings (SSSR count). The molecular formula is C16H13FN4O. The van der Waals surface area contributed by atoms with Gasteiger partial charge in [0.2, 0.25) is 5.82 Å². The fourth-order valence-corrected chi connectivity index (χ4v) is 2.40. The molecule has 2 heterocycles. The summed E-state index contributed by atoms with van der Waals surface area (Å²) in [7, 11) is 0. The Hall–Kier alpha value is -2.76. The molecule has 0 aliphatic heterocycles. The van der Waals surface area contributed by atoms with Crippen LogP contribution in [0.5, 0.6) is 0 Å². The van der Waals surface area contributed by atoms with Crippen LogP contribution >= 0.6 is 0 Å². The van der Waals surface area contributed by atoms with Crippen LogP contribution in [0.1, 0.15) is 23.5 Å². The number of amides is 1. The van der Waals surface area contributed by atoms with Crippen LogP contribution in [0.25, 0.3) is 16.8 Å². The van der Waals surface area contributed by atoms with Crippen molar-refractivity contribution in [2.24, 2.45) is 0 Å². The van der Waals surface area contributed by atoms with Crippen molar-refractivity contribution in [2.75, 3.05) is 0 Å². The van der Waals surface area contributed by atoms with Crippen molar-refractivity contribution in [2.45, 2.75) is 18.9 Å². The monoisotopic (exact) mass is 296 g/mol. The van der Waals surface area contributed by atoms with E-state index < -0.39 is 0 Å². The maximum Gasteiger partial charge on any atom is 0.287 e. The van der Waals surface area contributed by atoms with Crippen molar-refractivity contribution in [1.82, 2.24) is 19.7 Å². The number of imidazole rings is 1. The van der Waals surface area contributed by atoms with Gasteiger partial charge in [0.25, 0.3) is 5.91 Å². The number of hydrogen-bond acceptors (Lipinski definition) is 3. The fourth-order valence-electron chi connectivity index (χ4n) is 2.40. The first-order valence-electron chi connectivity index (χ1n) is 7.11. The molecular weight excluding hydrogens is 283 g/mol. The van der Waals surface area contributed by atoms with Gasteiger partial charge in [-0.25, -0.2) is 9.37 Å². The summed E-state index contributed by atoms with van der Waals surface area (Å²) in [5.41, 5.74) is 2.08. The molecule has 3 aromatic rings. The van der Waals surface area contributed by atoms with Gasteiger partial charge in [-0.1, -0.05) is 0 Å². The summed E-state index contributed by atoms with van der Waals surface area (Å²) in [4.78, 5) is 20.9. The van der Waals surface area contributed by atoms with Gasteiger partial charge in [-0.3, -0.25) is 14.2 Å². The Morgan fingerprint density at radius 1 is 1.27 bits per heavy atom. The molecule has 6 heteroatoms. The third-order valence-corrected chi connectivity index (χ3v) is 3.68. The van der Waals surface area contributed by atoms with Crippen molar-refractivity contribution in [3.63, 3.8) is 0 Å². The quantitative estimate of drug-likeness (QED) is 0.807. The van der Waals surface area contributed by atoms with Crippen molar-refractivity contribution < 1.29 is 9.18 Å². The highest BCUT2D eigenvalue weighted by Crippen LogP contribution is 2.25. The smallest absolute Gasteiger partial charge is 0.287 e. The molecule has 0 radical (unpaired) electrons. The molecule has 1 N–H and O–H groups in total. The molecule has 110 valence electrons. The summed E-state index contributed by atoms with van der Waals surface area (Å²) in [6, 6.07) is 6.30. The number of fused-ring (bicyclic) bond motifs is 1. The van der Waals surface area contributed by atoms with E-state index in [4.69, 9.17) is 0 Å². The first kappa shape index (κ1) is 12.9. The fraction of sp³-hybridized carbons (Fsp3) is 0.188. The van der Waals surface area contributed by atoms with Gasteiger partial charge < -0.3 is 5.32 Å². The Morgan fingerprint density at radius 2 is 2.05 bits per heavy atom. The van der Waals surface area contributed by atoms with Gasteiger partial charge in [-0.2, -0.15) is 0 Å². The highest BCUT2D eigenvalue weighted by Gasteiger charge is 2.26. The van der Waals surface area contributed by atoms with E-state index in [-0.39, 0.29) is 17.8 Å². The maximum atomic E-state index is 13.1. The molecule has 0 unspecified atom stereocenters. The van der Waals surface area contributed by atoms with Gasteiger partial charge in [0.15, 0.2) is 0 Å². The minimum Gasteiger partial charge on any atom is -0.347 e. The van der Waals surface area contributed by atoms with E-state index in [9.17, 15) is 9.18 Å². The van der Waals surface area contributed by atoms with E-state index in [1.54, 1.807) is 35.1 Å². The third-order valence-electron chi connectivity index (χ3n) is 3.68. The predicted molar refractivity (Wildman–Crippen MR) is 78.9 cm³/mol. The first-order valence-corrected chi connectivity index (χ1v) is 7.11. The van der Waals surface area contributed by atoms with Crippen molar-refractivity contribution >= 4 is 11.4 Å². The molecule has 0 bridgehead atoms. The highest BCUT2D eigenvalue weighted by atomic mass is 19.1. The summed E-state index contributed by atoms with van der Waals surface area (Å²) < 4.78 is 14.8. The Morgan fingerprint density at radius 3 is 2.77 bits per heavy atom. The first-order chi connectivity index (χ1) is 10.7. The number of carbonyl (C=O) groups is 1. The number of rotatable bonds is 3. The van der Waals surface area contributed by atoms with Crippen LogP contribution in [-0.4, -0.2) is 26.3 Å². The molecule has 1 aliphatic carbocycles. The highest BCUT2D eigenvalue weighted by molar-refractivity contribution is 5.94. The minimum atomic E-state index is -0.308. The van der Waals surface area contributed by atoms with Gasteiger partial charge in [0, 0.05) is 24.0 Å². The zero-order chi connectivity index (χ0) is 15.1. The SMILES string of the molecule is O=C(NC1CC1)c1nc(-c2ccc(F)cc2)c2cnccn12. The van der Waals surface area contributed by atoms with E-state index in [2.05, 4.69) is 15.3 Å². The molecule has 1 amide bonds. The van der Waals surface area contributed by atoms with Crippen molar-refractivity contribution in [3.8, 4) is 11.3 Å². The normalized spacial score (nSPS) is 14.2. The second kappa shape index (κ2) is 4.91. The largest absolute Gasteiger partial charge is 0.347 e. The molecule has 22 heavy (non-hydrogen) atoms. The lowest BCUT2D eigenvalue weighted by Gasteiger charge is -2.01. The molecule has 1 saturated carbocycles. The second-order valence-corrected chi connectivity index (χ2v) is 5.37. The lowest BCUT2D eigenvalue weighted by Crippen LogP contribution is -2.27. The van der Waals surface area contributed by atoms with Gasteiger partial charge in [-0.05, 0) is 37.1 Å². The minimum absolute atomic E-state index is 0.197. The molecule has 2 aromatic heterocycles. The van der Waals surface area contributed by atoms with Gasteiger partial charge >= 0.3 is 0 Å². The van der Waals surface area contributed by atoms with Crippen LogP contribution < -0.4 is 5.32 Å². The van der Waals surface area contributed by atoms with E-state index in [0.29, 0.717) is 11.5 Å². The second-order valence-electron chi connectivity index (χ2n) is 5.37. The van der Waals surface area contributed by atoms with E-state index in [1.165, 1.54) is 12.1 Å². The lowest BCUT2D eigenvalue weighted by atomic mass is 10.1. The summed E-state index contributed by atoms with van der Waals surface area (Å²) in [5, 5.41) is 2.93. The number of hydrogen-bond donors (Lipinski definition) is 1. The summed E-state index contributed by atoms with van der Waals surface area (Å²) in [5.74, 6) is -0.183. The lowest BCUT2D eigenvalue weighted by molar-refractivity contribution is 0.0940. The zero-order valence-electron chi connectivity index (χ0n) is 11.7. The van der Waals surface area contributed by atoms with Crippen LogP contribution in [0.2, 0.25) is 0 Å². The van der Waals surface area contributed by atoms with Crippen LogP contribution in [0, 0.1) is 5.82 Å². The number of halogens is 1. The Kier molecular flexibility index (Phi) is 2.89. The Balaban J connectivity index is 1.84. The molecule has 1 fully saturated rings. The average Bonchev–Trinajstić information content (AvgIpc) is 3.26. The number of carbonyl (C=O) groups excluding carboxylic acids is 1. The molecule has 1 aromatic carbocycles. The van der Waals surface area contributed by atoms with E-state index in [0.717, 1.165) is 23.9 Å². The van der Waals surface area contributed by atoms with Crippen molar-refractivity contribution in [1.29, 1.82) is 0 Å². The number of aromatic nitrogens is 3. The summed E-state index contributed by atoms with van der Waals surface area (Å²) in [6.45, 7) is 0.